The summed E-state index contributed by atoms with van der Waals surface area (Å²) >= 11 is 0. The Balaban J connectivity index is 1.99. The van der Waals surface area contributed by atoms with Gasteiger partial charge < -0.3 is 10.2 Å². The van der Waals surface area contributed by atoms with Crippen molar-refractivity contribution in [2.24, 2.45) is 0 Å². The summed E-state index contributed by atoms with van der Waals surface area (Å²) in [6, 6.07) is 28.0. The van der Waals surface area contributed by atoms with Crippen molar-refractivity contribution in [1.82, 2.24) is 0 Å². The van der Waals surface area contributed by atoms with Gasteiger partial charge in [0, 0.05) is 0 Å². The molecule has 142 valence electrons. The molecule has 5 rings (SSSR count). The van der Waals surface area contributed by atoms with Crippen LogP contribution in [0.1, 0.15) is 33.4 Å². The zero-order valence-electron chi connectivity index (χ0n) is 16.5. The molecule has 0 saturated carbocycles. The number of phenolic OH excluding ortho intramolecular Hbond substituents is 2. The Labute approximate surface area is 170 Å². The lowest BCUT2D eigenvalue weighted by atomic mass is 9.67. The van der Waals surface area contributed by atoms with Gasteiger partial charge in [-0.05, 0) is 82.6 Å². The molecule has 0 bridgehead atoms. The van der Waals surface area contributed by atoms with Crippen LogP contribution in [0.3, 0.4) is 0 Å². The molecule has 0 amide bonds. The molecule has 0 fully saturated rings. The third-order valence-corrected chi connectivity index (χ3v) is 6.20. The van der Waals surface area contributed by atoms with Gasteiger partial charge in [-0.1, -0.05) is 60.7 Å². The molecule has 2 N–H and O–H groups in total. The van der Waals surface area contributed by atoms with Gasteiger partial charge in [-0.15, -0.1) is 0 Å². The van der Waals surface area contributed by atoms with Crippen LogP contribution < -0.4 is 0 Å². The van der Waals surface area contributed by atoms with Crippen molar-refractivity contribution in [3.8, 4) is 22.6 Å². The molecule has 4 aromatic carbocycles. The molecule has 0 radical (unpaired) electrons. The largest absolute Gasteiger partial charge is 0.508 e. The van der Waals surface area contributed by atoms with E-state index in [4.69, 9.17) is 0 Å². The molecular formula is C27H22O2. The number of aryl methyl sites for hydroxylation is 2. The Morgan fingerprint density at radius 1 is 0.517 bits per heavy atom. The average Bonchev–Trinajstić information content (AvgIpc) is 3.03. The van der Waals surface area contributed by atoms with E-state index in [-0.39, 0.29) is 11.5 Å². The van der Waals surface area contributed by atoms with Crippen molar-refractivity contribution in [3.63, 3.8) is 0 Å². The van der Waals surface area contributed by atoms with E-state index in [1.807, 2.05) is 24.3 Å². The molecule has 1 aliphatic carbocycles. The lowest BCUT2D eigenvalue weighted by Gasteiger charge is -2.34. The first-order chi connectivity index (χ1) is 14.0. The van der Waals surface area contributed by atoms with E-state index in [1.54, 1.807) is 24.3 Å². The summed E-state index contributed by atoms with van der Waals surface area (Å²) in [5, 5.41) is 19.9. The maximum atomic E-state index is 9.94. The maximum Gasteiger partial charge on any atom is 0.115 e. The van der Waals surface area contributed by atoms with Crippen molar-refractivity contribution in [1.29, 1.82) is 0 Å². The third-order valence-electron chi connectivity index (χ3n) is 6.20. The highest BCUT2D eigenvalue weighted by Crippen LogP contribution is 2.57. The second-order valence-electron chi connectivity index (χ2n) is 7.84. The predicted molar refractivity (Wildman–Crippen MR) is 117 cm³/mol. The molecule has 0 saturated heterocycles. The van der Waals surface area contributed by atoms with Crippen LogP contribution >= 0.6 is 0 Å². The quantitative estimate of drug-likeness (QED) is 0.391. The van der Waals surface area contributed by atoms with Crippen LogP contribution in [-0.4, -0.2) is 10.2 Å². The van der Waals surface area contributed by atoms with Gasteiger partial charge in [-0.3, -0.25) is 0 Å². The third kappa shape index (κ3) is 2.35. The van der Waals surface area contributed by atoms with Gasteiger partial charge in [-0.2, -0.15) is 0 Å². The van der Waals surface area contributed by atoms with Crippen molar-refractivity contribution in [2.75, 3.05) is 0 Å². The molecule has 0 heterocycles. The predicted octanol–water partition coefficient (Wildman–Crippen LogP) is 6.08. The number of hydrogen-bond acceptors (Lipinski definition) is 2. The molecular weight excluding hydrogens is 356 g/mol. The molecule has 2 nitrogen and oxygen atoms in total. The van der Waals surface area contributed by atoms with E-state index in [2.05, 4.69) is 50.2 Å². The number of hydrogen-bond donors (Lipinski definition) is 2. The van der Waals surface area contributed by atoms with Gasteiger partial charge in [0.05, 0.1) is 5.41 Å². The van der Waals surface area contributed by atoms with E-state index >= 15 is 0 Å². The first kappa shape index (κ1) is 17.6. The van der Waals surface area contributed by atoms with Crippen LogP contribution in [0, 0.1) is 13.8 Å². The Hall–Kier alpha value is -3.52. The average molecular weight is 378 g/mol. The molecule has 2 heteroatoms. The van der Waals surface area contributed by atoms with Gasteiger partial charge in [-0.25, -0.2) is 0 Å². The molecule has 0 unspecified atom stereocenters. The van der Waals surface area contributed by atoms with E-state index in [9.17, 15) is 10.2 Å². The van der Waals surface area contributed by atoms with E-state index < -0.39 is 5.41 Å². The Morgan fingerprint density at radius 3 is 1.28 bits per heavy atom. The number of fused-ring (bicyclic) bond motifs is 3. The maximum absolute atomic E-state index is 9.94. The Bertz CT molecular complexity index is 1120. The summed E-state index contributed by atoms with van der Waals surface area (Å²) in [7, 11) is 0. The van der Waals surface area contributed by atoms with Gasteiger partial charge >= 0.3 is 0 Å². The number of phenols is 2. The highest BCUT2D eigenvalue weighted by atomic mass is 16.3. The van der Waals surface area contributed by atoms with Crippen LogP contribution in [0.5, 0.6) is 11.5 Å². The number of rotatable bonds is 2. The van der Waals surface area contributed by atoms with E-state index in [0.29, 0.717) is 0 Å². The fraction of sp³-hybridized carbons (Fsp3) is 0.111. The van der Waals surface area contributed by atoms with Gasteiger partial charge in [0.2, 0.25) is 0 Å². The molecule has 4 aromatic rings. The minimum atomic E-state index is -0.510. The smallest absolute Gasteiger partial charge is 0.115 e. The summed E-state index contributed by atoms with van der Waals surface area (Å²) in [5.41, 5.74) is 9.20. The van der Waals surface area contributed by atoms with Crippen molar-refractivity contribution in [2.45, 2.75) is 19.3 Å². The monoisotopic (exact) mass is 378 g/mol. The zero-order valence-corrected chi connectivity index (χ0v) is 16.5. The van der Waals surface area contributed by atoms with Gasteiger partial charge in [0.1, 0.15) is 11.5 Å². The second-order valence-corrected chi connectivity index (χ2v) is 7.84. The molecule has 29 heavy (non-hydrogen) atoms. The van der Waals surface area contributed by atoms with E-state index in [0.717, 1.165) is 11.1 Å². The molecule has 0 aromatic heterocycles. The van der Waals surface area contributed by atoms with Crippen molar-refractivity contribution < 1.29 is 10.2 Å². The van der Waals surface area contributed by atoms with Crippen molar-refractivity contribution in [3.05, 3.63) is 118 Å². The summed E-state index contributed by atoms with van der Waals surface area (Å²) in [6.07, 6.45) is 0. The molecule has 0 aliphatic heterocycles. The van der Waals surface area contributed by atoms with E-state index in [1.165, 1.54) is 33.4 Å². The number of aromatic hydroxyl groups is 2. The van der Waals surface area contributed by atoms with Crippen LogP contribution in [0.15, 0.2) is 84.9 Å². The summed E-state index contributed by atoms with van der Waals surface area (Å²) in [5.74, 6) is 0.503. The molecule has 0 atom stereocenters. The van der Waals surface area contributed by atoms with Crippen LogP contribution in [0.2, 0.25) is 0 Å². The Kier molecular flexibility index (Phi) is 3.78. The highest BCUT2D eigenvalue weighted by molar-refractivity contribution is 5.89. The molecule has 1 aliphatic rings. The zero-order chi connectivity index (χ0) is 20.2. The summed E-state index contributed by atoms with van der Waals surface area (Å²) in [6.45, 7) is 4.33. The lowest BCUT2D eigenvalue weighted by Crippen LogP contribution is -2.28. The summed E-state index contributed by atoms with van der Waals surface area (Å²) < 4.78 is 0. The van der Waals surface area contributed by atoms with Crippen molar-refractivity contribution >= 4 is 0 Å². The Morgan fingerprint density at radius 2 is 0.897 bits per heavy atom. The summed E-state index contributed by atoms with van der Waals surface area (Å²) in [4.78, 5) is 0. The minimum absolute atomic E-state index is 0.251. The molecule has 0 spiro atoms. The van der Waals surface area contributed by atoms with Crippen LogP contribution in [0.4, 0.5) is 0 Å². The van der Waals surface area contributed by atoms with Gasteiger partial charge in [0.25, 0.3) is 0 Å². The first-order valence-electron chi connectivity index (χ1n) is 9.83. The van der Waals surface area contributed by atoms with Crippen LogP contribution in [0.25, 0.3) is 11.1 Å². The fourth-order valence-corrected chi connectivity index (χ4v) is 4.98. The van der Waals surface area contributed by atoms with Crippen LogP contribution in [-0.2, 0) is 5.41 Å². The first-order valence-corrected chi connectivity index (χ1v) is 9.83. The highest BCUT2D eigenvalue weighted by Gasteiger charge is 2.46. The number of benzene rings is 4. The topological polar surface area (TPSA) is 40.5 Å². The fourth-order valence-electron chi connectivity index (χ4n) is 4.98. The standard InChI is InChI=1S/C27H22O2/c1-17-5-3-7-23-25(17)26-18(2)6-4-8-24(26)27(23,19-9-13-21(28)14-10-19)20-11-15-22(29)16-12-20/h3-16,28-29H,1-2H3. The lowest BCUT2D eigenvalue weighted by molar-refractivity contribution is 0.475. The van der Waals surface area contributed by atoms with Gasteiger partial charge in [0.15, 0.2) is 0 Å². The second kappa shape index (κ2) is 6.25. The SMILES string of the molecule is Cc1cccc2c1-c1c(C)cccc1C2(c1ccc(O)cc1)c1ccc(O)cc1. The minimum Gasteiger partial charge on any atom is -0.508 e. The normalized spacial score (nSPS) is 13.7.